The monoisotopic (exact) mass is 298 g/mol. The molecule has 22 heavy (non-hydrogen) atoms. The molecule has 1 saturated heterocycles. The molecule has 0 saturated carbocycles. The van der Waals surface area contributed by atoms with Gasteiger partial charge in [-0.1, -0.05) is 18.2 Å². The quantitative estimate of drug-likeness (QED) is 0.815. The molecule has 0 amide bonds. The van der Waals surface area contributed by atoms with Crippen LogP contribution in [-0.2, 0) is 6.54 Å². The highest BCUT2D eigenvalue weighted by molar-refractivity contribution is 6.09. The molecule has 0 bridgehead atoms. The third kappa shape index (κ3) is 4.81. The summed E-state index contributed by atoms with van der Waals surface area (Å²) in [5.41, 5.74) is 4.07. The zero-order valence-electron chi connectivity index (χ0n) is 13.9. The number of aliphatic imine (C=N–C) groups is 1. The van der Waals surface area contributed by atoms with Crippen molar-refractivity contribution < 1.29 is 0 Å². The summed E-state index contributed by atoms with van der Waals surface area (Å²) in [6.45, 7) is 11.5. The molecule has 1 aromatic heterocycles. The number of rotatable bonds is 6. The molecule has 4 heteroatoms. The highest BCUT2D eigenvalue weighted by Gasteiger charge is 2.11. The molecule has 2 rings (SSSR count). The summed E-state index contributed by atoms with van der Waals surface area (Å²) in [7, 11) is 1.77. The Kier molecular flexibility index (Phi) is 5.90. The first-order chi connectivity index (χ1) is 10.6. The summed E-state index contributed by atoms with van der Waals surface area (Å²) < 4.78 is 0. The van der Waals surface area contributed by atoms with Crippen LogP contribution in [0.5, 0.6) is 0 Å². The SMILES string of the molecule is C=C(Nc1ccc(CN2CCCC2)cn1)C(C=C(C)C)=NC. The first-order valence-electron chi connectivity index (χ1n) is 7.84. The number of hydrogen-bond acceptors (Lipinski definition) is 4. The van der Waals surface area contributed by atoms with Gasteiger partial charge < -0.3 is 5.32 Å². The zero-order chi connectivity index (χ0) is 15.9. The minimum Gasteiger partial charge on any atom is -0.339 e. The topological polar surface area (TPSA) is 40.5 Å². The molecule has 1 aromatic rings. The Labute approximate surface area is 133 Å². The highest BCUT2D eigenvalue weighted by atomic mass is 15.1. The molecule has 0 spiro atoms. The molecule has 1 aliphatic heterocycles. The number of nitrogens with zero attached hydrogens (tertiary/aromatic N) is 3. The Bertz CT molecular complexity index is 559. The van der Waals surface area contributed by atoms with Gasteiger partial charge in [0.25, 0.3) is 0 Å². The number of hydrogen-bond donors (Lipinski definition) is 1. The second-order valence-corrected chi connectivity index (χ2v) is 5.97. The van der Waals surface area contributed by atoms with Crippen LogP contribution in [0.1, 0.15) is 32.3 Å². The van der Waals surface area contributed by atoms with Crippen molar-refractivity contribution in [1.82, 2.24) is 9.88 Å². The van der Waals surface area contributed by atoms with Gasteiger partial charge >= 0.3 is 0 Å². The normalized spacial score (nSPS) is 15.7. The van der Waals surface area contributed by atoms with Crippen molar-refractivity contribution in [3.8, 4) is 0 Å². The molecule has 4 nitrogen and oxygen atoms in total. The van der Waals surface area contributed by atoms with E-state index in [-0.39, 0.29) is 0 Å². The second-order valence-electron chi connectivity index (χ2n) is 5.97. The first-order valence-corrected chi connectivity index (χ1v) is 7.84. The van der Waals surface area contributed by atoms with E-state index in [1.807, 2.05) is 32.2 Å². The van der Waals surface area contributed by atoms with Crippen LogP contribution in [0.15, 0.2) is 47.2 Å². The van der Waals surface area contributed by atoms with Crippen molar-refractivity contribution in [3.05, 3.63) is 47.8 Å². The van der Waals surface area contributed by atoms with Crippen LogP contribution in [0.4, 0.5) is 5.82 Å². The third-order valence-corrected chi connectivity index (χ3v) is 3.68. The van der Waals surface area contributed by atoms with Crippen LogP contribution in [0, 0.1) is 0 Å². The van der Waals surface area contributed by atoms with Gasteiger partial charge in [0, 0.05) is 19.8 Å². The van der Waals surface area contributed by atoms with E-state index in [0.717, 1.165) is 23.8 Å². The van der Waals surface area contributed by atoms with Crippen LogP contribution in [0.25, 0.3) is 0 Å². The van der Waals surface area contributed by atoms with Crippen molar-refractivity contribution in [2.75, 3.05) is 25.5 Å². The van der Waals surface area contributed by atoms with Gasteiger partial charge in [0.15, 0.2) is 0 Å². The van der Waals surface area contributed by atoms with Gasteiger partial charge in [-0.15, -0.1) is 0 Å². The standard InChI is InChI=1S/C18H26N4/c1-14(2)11-17(19-4)15(3)21-18-8-7-16(12-20-18)13-22-9-5-6-10-22/h7-8,11-12H,3,5-6,9-10,13H2,1-2,4H3,(H,20,21). The molecule has 1 fully saturated rings. The van der Waals surface area contributed by atoms with E-state index in [1.54, 1.807) is 7.05 Å². The minimum absolute atomic E-state index is 0.767. The number of likely N-dealkylation sites (tertiary alicyclic amines) is 1. The summed E-state index contributed by atoms with van der Waals surface area (Å²) in [6, 6.07) is 4.14. The van der Waals surface area contributed by atoms with Crippen molar-refractivity contribution in [2.24, 2.45) is 4.99 Å². The number of allylic oxidation sites excluding steroid dienone is 2. The smallest absolute Gasteiger partial charge is 0.130 e. The average molecular weight is 298 g/mol. The molecule has 118 valence electrons. The summed E-state index contributed by atoms with van der Waals surface area (Å²) in [6.07, 6.45) is 6.58. The number of aromatic nitrogens is 1. The summed E-state index contributed by atoms with van der Waals surface area (Å²) in [5, 5.41) is 3.22. The Morgan fingerprint density at radius 2 is 2.09 bits per heavy atom. The van der Waals surface area contributed by atoms with Gasteiger partial charge in [0.1, 0.15) is 5.82 Å². The van der Waals surface area contributed by atoms with Crippen molar-refractivity contribution in [1.29, 1.82) is 0 Å². The van der Waals surface area contributed by atoms with Crippen LogP contribution in [0.2, 0.25) is 0 Å². The van der Waals surface area contributed by atoms with E-state index >= 15 is 0 Å². The molecular formula is C18H26N4. The van der Waals surface area contributed by atoms with Crippen LogP contribution < -0.4 is 5.32 Å². The van der Waals surface area contributed by atoms with Gasteiger partial charge in [-0.2, -0.15) is 0 Å². The fourth-order valence-corrected chi connectivity index (χ4v) is 2.57. The highest BCUT2D eigenvalue weighted by Crippen LogP contribution is 2.14. The van der Waals surface area contributed by atoms with Crippen molar-refractivity contribution >= 4 is 11.5 Å². The average Bonchev–Trinajstić information content (AvgIpc) is 2.99. The van der Waals surface area contributed by atoms with Crippen LogP contribution in [0.3, 0.4) is 0 Å². The van der Waals surface area contributed by atoms with Crippen molar-refractivity contribution in [3.63, 3.8) is 0 Å². The minimum atomic E-state index is 0.767. The molecule has 0 atom stereocenters. The van der Waals surface area contributed by atoms with E-state index in [9.17, 15) is 0 Å². The van der Waals surface area contributed by atoms with Gasteiger partial charge in [-0.3, -0.25) is 9.89 Å². The van der Waals surface area contributed by atoms with Gasteiger partial charge in [-0.25, -0.2) is 4.98 Å². The second kappa shape index (κ2) is 7.90. The molecular weight excluding hydrogens is 272 g/mol. The maximum atomic E-state index is 4.48. The molecule has 1 N–H and O–H groups in total. The lowest BCUT2D eigenvalue weighted by molar-refractivity contribution is 0.331. The molecule has 0 aliphatic carbocycles. The van der Waals surface area contributed by atoms with E-state index in [2.05, 4.69) is 32.8 Å². The van der Waals surface area contributed by atoms with Gasteiger partial charge in [0.2, 0.25) is 0 Å². The van der Waals surface area contributed by atoms with E-state index < -0.39 is 0 Å². The summed E-state index contributed by atoms with van der Waals surface area (Å²) in [4.78, 5) is 11.2. The predicted molar refractivity (Wildman–Crippen MR) is 94.3 cm³/mol. The maximum absolute atomic E-state index is 4.48. The van der Waals surface area contributed by atoms with E-state index in [0.29, 0.717) is 0 Å². The first kappa shape index (κ1) is 16.4. The molecule has 1 aliphatic rings. The number of anilines is 1. The van der Waals surface area contributed by atoms with Crippen molar-refractivity contribution in [2.45, 2.75) is 33.2 Å². The van der Waals surface area contributed by atoms with Gasteiger partial charge in [0.05, 0.1) is 11.4 Å². The molecule has 0 unspecified atom stereocenters. The lowest BCUT2D eigenvalue weighted by Crippen LogP contribution is -2.18. The van der Waals surface area contributed by atoms with Crippen LogP contribution >= 0.6 is 0 Å². The predicted octanol–water partition coefficient (Wildman–Crippen LogP) is 3.64. The lowest BCUT2D eigenvalue weighted by atomic mass is 10.2. The number of nitrogens with one attached hydrogen (secondary N) is 1. The largest absolute Gasteiger partial charge is 0.339 e. The summed E-state index contributed by atoms with van der Waals surface area (Å²) >= 11 is 0. The Balaban J connectivity index is 1.95. The zero-order valence-corrected chi connectivity index (χ0v) is 13.9. The fourth-order valence-electron chi connectivity index (χ4n) is 2.57. The molecule has 0 radical (unpaired) electrons. The van der Waals surface area contributed by atoms with Crippen LogP contribution in [-0.4, -0.2) is 35.7 Å². The summed E-state index contributed by atoms with van der Waals surface area (Å²) in [5.74, 6) is 0.804. The van der Waals surface area contributed by atoms with Gasteiger partial charge in [-0.05, 0) is 57.5 Å². The fraction of sp³-hybridized carbons (Fsp3) is 0.444. The lowest BCUT2D eigenvalue weighted by Gasteiger charge is -2.15. The molecule has 2 heterocycles. The molecule has 0 aromatic carbocycles. The maximum Gasteiger partial charge on any atom is 0.130 e. The Hall–Kier alpha value is -1.94. The Morgan fingerprint density at radius 3 is 2.64 bits per heavy atom. The Morgan fingerprint density at radius 1 is 1.36 bits per heavy atom. The third-order valence-electron chi connectivity index (χ3n) is 3.68. The van der Waals surface area contributed by atoms with E-state index in [1.165, 1.54) is 37.1 Å². The number of pyridine rings is 1. The van der Waals surface area contributed by atoms with E-state index in [4.69, 9.17) is 0 Å².